The van der Waals surface area contributed by atoms with Gasteiger partial charge in [-0.15, -0.1) is 0 Å². The molecule has 9 heteroatoms. The predicted octanol–water partition coefficient (Wildman–Crippen LogP) is 4.97. The summed E-state index contributed by atoms with van der Waals surface area (Å²) in [6, 6.07) is 19.1. The first-order chi connectivity index (χ1) is 15.7. The lowest BCUT2D eigenvalue weighted by atomic mass is 10.3. The van der Waals surface area contributed by atoms with Crippen molar-refractivity contribution in [2.24, 2.45) is 0 Å². The molecule has 0 aromatic heterocycles. The lowest BCUT2D eigenvalue weighted by molar-refractivity contribution is -0.114. The number of benzene rings is 3. The Kier molecular flexibility index (Phi) is 7.84. The Balaban J connectivity index is 1.88. The fourth-order valence-corrected chi connectivity index (χ4v) is 4.59. The van der Waals surface area contributed by atoms with Crippen LogP contribution in [0.3, 0.4) is 0 Å². The molecule has 3 rings (SSSR count). The number of carbonyl (C=O) groups is 1. The third-order valence-electron chi connectivity index (χ3n) is 4.54. The number of nitrogens with zero attached hydrogens (tertiary/aromatic N) is 1. The Morgan fingerprint density at radius 3 is 2.27 bits per heavy atom. The quantitative estimate of drug-likeness (QED) is 0.459. The summed E-state index contributed by atoms with van der Waals surface area (Å²) in [4.78, 5) is 12.9. The fraction of sp³-hybridized carbons (Fsp3) is 0.208. The Morgan fingerprint density at radius 2 is 1.67 bits per heavy atom. The van der Waals surface area contributed by atoms with Gasteiger partial charge in [-0.1, -0.05) is 17.7 Å². The van der Waals surface area contributed by atoms with E-state index in [1.807, 2.05) is 13.8 Å². The van der Waals surface area contributed by atoms with Crippen LogP contribution in [0.5, 0.6) is 11.5 Å². The summed E-state index contributed by atoms with van der Waals surface area (Å²) < 4.78 is 38.7. The molecule has 1 N–H and O–H groups in total. The van der Waals surface area contributed by atoms with Gasteiger partial charge in [-0.05, 0) is 74.5 Å². The van der Waals surface area contributed by atoms with E-state index >= 15 is 0 Å². The van der Waals surface area contributed by atoms with Crippen molar-refractivity contribution in [2.75, 3.05) is 23.3 Å². The van der Waals surface area contributed by atoms with Crippen molar-refractivity contribution < 1.29 is 22.7 Å². The highest BCUT2D eigenvalue weighted by molar-refractivity contribution is 7.92. The second-order valence-electron chi connectivity index (χ2n) is 7.41. The fourth-order valence-electron chi connectivity index (χ4n) is 3.05. The third kappa shape index (κ3) is 6.40. The molecule has 0 spiro atoms. The van der Waals surface area contributed by atoms with Crippen LogP contribution in [-0.4, -0.2) is 34.1 Å². The zero-order chi connectivity index (χ0) is 24.0. The second kappa shape index (κ2) is 10.6. The number of ether oxygens (including phenoxy) is 2. The first-order valence-corrected chi connectivity index (χ1v) is 12.0. The van der Waals surface area contributed by atoms with Gasteiger partial charge in [-0.3, -0.25) is 9.10 Å². The number of sulfonamides is 1. The van der Waals surface area contributed by atoms with E-state index < -0.39 is 22.5 Å². The lowest BCUT2D eigenvalue weighted by Gasteiger charge is -2.24. The van der Waals surface area contributed by atoms with Gasteiger partial charge in [0, 0.05) is 16.8 Å². The summed E-state index contributed by atoms with van der Waals surface area (Å²) in [6.07, 6.45) is -0.0222. The molecular formula is C24H25ClN2O5S. The van der Waals surface area contributed by atoms with Crippen LogP contribution in [0.1, 0.15) is 13.8 Å². The molecular weight excluding hydrogens is 464 g/mol. The molecule has 0 fully saturated rings. The minimum absolute atomic E-state index is 0.0222. The van der Waals surface area contributed by atoms with E-state index in [2.05, 4.69) is 5.32 Å². The SMILES string of the molecule is COc1ccc(S(=O)(=O)N(CC(=O)Nc2cccc(OC(C)C)c2)c2ccc(Cl)cc2)cc1. The molecule has 174 valence electrons. The Bertz CT molecular complexity index is 1200. The van der Waals surface area contributed by atoms with Gasteiger partial charge in [0.15, 0.2) is 0 Å². The Hall–Kier alpha value is -3.23. The van der Waals surface area contributed by atoms with Crippen molar-refractivity contribution in [1.29, 1.82) is 0 Å². The molecule has 0 bridgehead atoms. The van der Waals surface area contributed by atoms with Crippen molar-refractivity contribution in [2.45, 2.75) is 24.8 Å². The molecule has 0 aliphatic carbocycles. The number of rotatable bonds is 9. The molecule has 0 atom stereocenters. The van der Waals surface area contributed by atoms with E-state index in [1.165, 1.54) is 19.2 Å². The lowest BCUT2D eigenvalue weighted by Crippen LogP contribution is -2.38. The first kappa shape index (κ1) is 24.4. The Labute approximate surface area is 198 Å². The normalized spacial score (nSPS) is 11.2. The highest BCUT2D eigenvalue weighted by atomic mass is 35.5. The summed E-state index contributed by atoms with van der Waals surface area (Å²) in [5.41, 5.74) is 0.804. The number of amides is 1. The zero-order valence-electron chi connectivity index (χ0n) is 18.5. The van der Waals surface area contributed by atoms with Crippen LogP contribution >= 0.6 is 11.6 Å². The van der Waals surface area contributed by atoms with Crippen LogP contribution < -0.4 is 19.1 Å². The van der Waals surface area contributed by atoms with Gasteiger partial charge in [0.05, 0.1) is 23.8 Å². The molecule has 0 radical (unpaired) electrons. The number of hydrogen-bond acceptors (Lipinski definition) is 5. The van der Waals surface area contributed by atoms with Crippen molar-refractivity contribution >= 4 is 38.9 Å². The molecule has 0 saturated heterocycles. The summed E-state index contributed by atoms with van der Waals surface area (Å²) in [5, 5.41) is 3.19. The molecule has 0 aliphatic rings. The number of carbonyl (C=O) groups excluding carboxylic acids is 1. The molecule has 7 nitrogen and oxygen atoms in total. The molecule has 0 heterocycles. The first-order valence-electron chi connectivity index (χ1n) is 10.2. The van der Waals surface area contributed by atoms with E-state index in [1.54, 1.807) is 60.7 Å². The largest absolute Gasteiger partial charge is 0.497 e. The number of halogens is 1. The highest BCUT2D eigenvalue weighted by Gasteiger charge is 2.27. The van der Waals surface area contributed by atoms with Crippen LogP contribution in [-0.2, 0) is 14.8 Å². The topological polar surface area (TPSA) is 84.9 Å². The van der Waals surface area contributed by atoms with Crippen LogP contribution in [0.15, 0.2) is 77.7 Å². The van der Waals surface area contributed by atoms with Crippen LogP contribution in [0, 0.1) is 0 Å². The summed E-state index contributed by atoms with van der Waals surface area (Å²) in [5.74, 6) is 0.611. The molecule has 0 unspecified atom stereocenters. The van der Waals surface area contributed by atoms with Crippen molar-refractivity contribution in [3.63, 3.8) is 0 Å². The summed E-state index contributed by atoms with van der Waals surface area (Å²) in [6.45, 7) is 3.36. The van der Waals surface area contributed by atoms with E-state index in [0.29, 0.717) is 27.9 Å². The van der Waals surface area contributed by atoms with Gasteiger partial charge < -0.3 is 14.8 Å². The van der Waals surface area contributed by atoms with Crippen LogP contribution in [0.25, 0.3) is 0 Å². The third-order valence-corrected chi connectivity index (χ3v) is 6.58. The van der Waals surface area contributed by atoms with Gasteiger partial charge >= 0.3 is 0 Å². The molecule has 1 amide bonds. The van der Waals surface area contributed by atoms with Crippen molar-refractivity contribution in [1.82, 2.24) is 0 Å². The van der Waals surface area contributed by atoms with E-state index in [4.69, 9.17) is 21.1 Å². The van der Waals surface area contributed by atoms with Gasteiger partial charge in [0.2, 0.25) is 5.91 Å². The predicted molar refractivity (Wildman–Crippen MR) is 130 cm³/mol. The minimum Gasteiger partial charge on any atom is -0.497 e. The van der Waals surface area contributed by atoms with Gasteiger partial charge in [-0.25, -0.2) is 8.42 Å². The van der Waals surface area contributed by atoms with Crippen molar-refractivity contribution in [3.05, 3.63) is 77.8 Å². The number of hydrogen-bond donors (Lipinski definition) is 1. The average molecular weight is 489 g/mol. The molecule has 33 heavy (non-hydrogen) atoms. The van der Waals surface area contributed by atoms with Gasteiger partial charge in [0.25, 0.3) is 10.0 Å². The zero-order valence-corrected chi connectivity index (χ0v) is 20.1. The molecule has 3 aromatic carbocycles. The number of nitrogens with one attached hydrogen (secondary N) is 1. The van der Waals surface area contributed by atoms with Crippen LogP contribution in [0.4, 0.5) is 11.4 Å². The van der Waals surface area contributed by atoms with Crippen LogP contribution in [0.2, 0.25) is 5.02 Å². The average Bonchev–Trinajstić information content (AvgIpc) is 2.78. The smallest absolute Gasteiger partial charge is 0.264 e. The molecule has 0 aliphatic heterocycles. The maximum absolute atomic E-state index is 13.4. The van der Waals surface area contributed by atoms with E-state index in [-0.39, 0.29) is 11.0 Å². The minimum atomic E-state index is -4.05. The maximum atomic E-state index is 13.4. The number of anilines is 2. The standard InChI is InChI=1S/C24H25ClN2O5S/c1-17(2)32-22-6-4-5-19(15-22)26-24(28)16-27(20-9-7-18(25)8-10-20)33(29,30)23-13-11-21(31-3)12-14-23/h4-15,17H,16H2,1-3H3,(H,26,28). The molecule has 0 saturated carbocycles. The van der Waals surface area contributed by atoms with Crippen molar-refractivity contribution in [3.8, 4) is 11.5 Å². The summed E-state index contributed by atoms with van der Waals surface area (Å²) >= 11 is 5.97. The van der Waals surface area contributed by atoms with Gasteiger partial charge in [0.1, 0.15) is 18.0 Å². The van der Waals surface area contributed by atoms with E-state index in [9.17, 15) is 13.2 Å². The monoisotopic (exact) mass is 488 g/mol. The molecule has 3 aromatic rings. The van der Waals surface area contributed by atoms with Gasteiger partial charge in [-0.2, -0.15) is 0 Å². The second-order valence-corrected chi connectivity index (χ2v) is 9.70. The number of methoxy groups -OCH3 is 1. The summed E-state index contributed by atoms with van der Waals surface area (Å²) in [7, 11) is -2.56. The van der Waals surface area contributed by atoms with E-state index in [0.717, 1.165) is 4.31 Å². The Morgan fingerprint density at radius 1 is 1.00 bits per heavy atom. The highest BCUT2D eigenvalue weighted by Crippen LogP contribution is 2.27. The maximum Gasteiger partial charge on any atom is 0.264 e.